The highest BCUT2D eigenvalue weighted by Crippen LogP contribution is 2.50. The Kier molecular flexibility index (Phi) is 5.62. The lowest BCUT2D eigenvalue weighted by Crippen LogP contribution is -2.33. The molecular weight excluding hydrogens is 514 g/mol. The first kappa shape index (κ1) is 25.5. The molecule has 1 spiro atoms. The van der Waals surface area contributed by atoms with Gasteiger partial charge in [-0.05, 0) is 48.2 Å². The molecule has 0 atom stereocenters. The number of hydrogen-bond donors (Lipinski definition) is 2. The number of anilines is 2. The van der Waals surface area contributed by atoms with Gasteiger partial charge in [0.1, 0.15) is 17.7 Å². The van der Waals surface area contributed by atoms with E-state index in [2.05, 4.69) is 31.7 Å². The van der Waals surface area contributed by atoms with E-state index in [0.717, 1.165) is 36.7 Å². The first-order chi connectivity index (χ1) is 18.3. The first-order valence-corrected chi connectivity index (χ1v) is 12.7. The number of fused-ring (bicyclic) bond motifs is 3. The van der Waals surface area contributed by atoms with Crippen molar-refractivity contribution in [2.45, 2.75) is 63.7 Å². The summed E-state index contributed by atoms with van der Waals surface area (Å²) in [6.45, 7) is 5.34. The summed E-state index contributed by atoms with van der Waals surface area (Å²) in [5.41, 5.74) is 1.75. The van der Waals surface area contributed by atoms with E-state index in [-0.39, 0.29) is 33.9 Å². The van der Waals surface area contributed by atoms with E-state index in [9.17, 15) is 22.4 Å². The Hall–Kier alpha value is -3.80. The maximum atomic E-state index is 14.6. The number of benzene rings is 1. The molecule has 1 aliphatic heterocycles. The van der Waals surface area contributed by atoms with Crippen LogP contribution in [0.4, 0.5) is 29.2 Å². The normalized spacial score (nSPS) is 16.5. The molecule has 1 aromatic carbocycles. The molecule has 204 valence electrons. The van der Waals surface area contributed by atoms with Gasteiger partial charge in [-0.15, -0.1) is 0 Å². The largest absolute Gasteiger partial charge is 0.408 e. The second-order valence-electron chi connectivity index (χ2n) is 11.4. The van der Waals surface area contributed by atoms with Gasteiger partial charge in [0.05, 0.1) is 5.69 Å². The molecule has 1 saturated carbocycles. The third-order valence-corrected chi connectivity index (χ3v) is 7.33. The quantitative estimate of drug-likeness (QED) is 0.359. The fourth-order valence-electron chi connectivity index (χ4n) is 5.30. The molecule has 1 aliphatic carbocycles. The van der Waals surface area contributed by atoms with Gasteiger partial charge in [-0.3, -0.25) is 4.79 Å². The Morgan fingerprint density at radius 3 is 2.56 bits per heavy atom. The molecule has 0 unspecified atom stereocenters. The fourth-order valence-corrected chi connectivity index (χ4v) is 5.30. The maximum absolute atomic E-state index is 14.6. The molecule has 1 fully saturated rings. The van der Waals surface area contributed by atoms with Gasteiger partial charge in [-0.25, -0.2) is 23.7 Å². The summed E-state index contributed by atoms with van der Waals surface area (Å²) in [4.78, 5) is 26.0. The van der Waals surface area contributed by atoms with Gasteiger partial charge in [0.15, 0.2) is 11.5 Å². The minimum atomic E-state index is -4.70. The van der Waals surface area contributed by atoms with Gasteiger partial charge < -0.3 is 10.6 Å². The van der Waals surface area contributed by atoms with Gasteiger partial charge in [0.2, 0.25) is 5.95 Å². The molecule has 0 radical (unpaired) electrons. The molecule has 3 aromatic heterocycles. The molecule has 0 amide bonds. The van der Waals surface area contributed by atoms with Crippen LogP contribution in [0.25, 0.3) is 16.9 Å². The van der Waals surface area contributed by atoms with E-state index in [1.807, 2.05) is 12.1 Å². The third-order valence-electron chi connectivity index (χ3n) is 7.33. The number of pyridine rings is 1. The van der Waals surface area contributed by atoms with Crippen molar-refractivity contribution in [2.24, 2.45) is 0 Å². The monoisotopic (exact) mass is 541 g/mol. The Labute approximate surface area is 221 Å². The second-order valence-corrected chi connectivity index (χ2v) is 11.4. The Morgan fingerprint density at radius 1 is 1.10 bits per heavy atom. The number of aromatic nitrogens is 5. The standard InChI is InChI=1S/C27H27F4N7O/c1-25(2,3)21-19(28)6-7-20(35-21)38-22-17(23(39)37(38)14-27(29,30)31)12-33-24(36-22)34-16-4-5-18-15(10-16)11-32-13-26(18)8-9-26/h4-7,10,12,32H,8-9,11,13-14H2,1-3H3,(H,33,34,36). The molecule has 0 bridgehead atoms. The van der Waals surface area contributed by atoms with Crippen LogP contribution in [0.5, 0.6) is 0 Å². The van der Waals surface area contributed by atoms with Crippen molar-refractivity contribution in [1.29, 1.82) is 0 Å². The summed E-state index contributed by atoms with van der Waals surface area (Å²) in [7, 11) is 0. The van der Waals surface area contributed by atoms with Crippen molar-refractivity contribution in [1.82, 2.24) is 29.6 Å². The summed E-state index contributed by atoms with van der Waals surface area (Å²) in [6, 6.07) is 8.39. The highest BCUT2D eigenvalue weighted by atomic mass is 19.4. The minimum absolute atomic E-state index is 0.0522. The summed E-state index contributed by atoms with van der Waals surface area (Å²) in [5, 5.41) is 6.46. The number of alkyl halides is 3. The summed E-state index contributed by atoms with van der Waals surface area (Å²) >= 11 is 0. The van der Waals surface area contributed by atoms with Crippen LogP contribution >= 0.6 is 0 Å². The van der Waals surface area contributed by atoms with Crippen LogP contribution in [0.3, 0.4) is 0 Å². The van der Waals surface area contributed by atoms with Crippen molar-refractivity contribution in [3.8, 4) is 5.82 Å². The van der Waals surface area contributed by atoms with Crippen LogP contribution in [0, 0.1) is 5.82 Å². The van der Waals surface area contributed by atoms with Crippen LogP contribution in [0.15, 0.2) is 41.3 Å². The SMILES string of the molecule is CC(C)(C)c1nc(-n2c3nc(Nc4ccc5c(c4)CNCC54CC4)ncc3c(=O)n2CC(F)(F)F)ccc1F. The predicted octanol–water partition coefficient (Wildman–Crippen LogP) is 4.85. The number of halogens is 4. The lowest BCUT2D eigenvalue weighted by molar-refractivity contribution is -0.144. The third kappa shape index (κ3) is 4.56. The van der Waals surface area contributed by atoms with E-state index >= 15 is 0 Å². The molecule has 0 saturated heterocycles. The Balaban J connectivity index is 1.46. The van der Waals surface area contributed by atoms with Crippen LogP contribution < -0.4 is 16.2 Å². The molecule has 2 aliphatic rings. The number of rotatable bonds is 4. The van der Waals surface area contributed by atoms with E-state index < -0.39 is 29.5 Å². The highest BCUT2D eigenvalue weighted by molar-refractivity contribution is 5.77. The summed E-state index contributed by atoms with van der Waals surface area (Å²) in [6.07, 6.45) is -1.20. The Bertz CT molecular complexity index is 1660. The molecule has 8 nitrogen and oxygen atoms in total. The van der Waals surface area contributed by atoms with Crippen LogP contribution in [0.2, 0.25) is 0 Å². The molecular formula is C27H27F4N7O. The van der Waals surface area contributed by atoms with Gasteiger partial charge in [0.25, 0.3) is 5.56 Å². The number of hydrogen-bond acceptors (Lipinski definition) is 6. The summed E-state index contributed by atoms with van der Waals surface area (Å²) in [5.74, 6) is -0.556. The average molecular weight is 542 g/mol. The van der Waals surface area contributed by atoms with Crippen LogP contribution in [0.1, 0.15) is 50.4 Å². The highest BCUT2D eigenvalue weighted by Gasteiger charge is 2.46. The van der Waals surface area contributed by atoms with Gasteiger partial charge in [0, 0.05) is 35.8 Å². The zero-order chi connectivity index (χ0) is 27.7. The zero-order valence-electron chi connectivity index (χ0n) is 21.7. The molecule has 4 heterocycles. The topological polar surface area (TPSA) is 89.7 Å². The predicted molar refractivity (Wildman–Crippen MR) is 138 cm³/mol. The molecule has 6 rings (SSSR count). The van der Waals surface area contributed by atoms with Crippen LogP contribution in [-0.2, 0) is 23.9 Å². The molecule has 39 heavy (non-hydrogen) atoms. The maximum Gasteiger partial charge on any atom is 0.408 e. The van der Waals surface area contributed by atoms with E-state index in [1.165, 1.54) is 23.4 Å². The van der Waals surface area contributed by atoms with E-state index in [1.54, 1.807) is 20.8 Å². The number of nitrogens with one attached hydrogen (secondary N) is 2. The van der Waals surface area contributed by atoms with Crippen molar-refractivity contribution in [2.75, 3.05) is 11.9 Å². The Morgan fingerprint density at radius 2 is 1.87 bits per heavy atom. The van der Waals surface area contributed by atoms with Crippen LogP contribution in [-0.4, -0.2) is 37.0 Å². The van der Waals surface area contributed by atoms with Crippen molar-refractivity contribution in [3.05, 3.63) is 69.5 Å². The average Bonchev–Trinajstić information content (AvgIpc) is 3.57. The first-order valence-electron chi connectivity index (χ1n) is 12.7. The fraction of sp³-hybridized carbons (Fsp3) is 0.407. The molecule has 4 aromatic rings. The van der Waals surface area contributed by atoms with Gasteiger partial charge in [-0.1, -0.05) is 26.8 Å². The van der Waals surface area contributed by atoms with Crippen molar-refractivity contribution < 1.29 is 17.6 Å². The minimum Gasteiger partial charge on any atom is -0.324 e. The second kappa shape index (κ2) is 8.60. The van der Waals surface area contributed by atoms with Crippen molar-refractivity contribution >= 4 is 22.7 Å². The van der Waals surface area contributed by atoms with E-state index in [0.29, 0.717) is 10.4 Å². The summed E-state index contributed by atoms with van der Waals surface area (Å²) < 4.78 is 56.7. The molecule has 12 heteroatoms. The van der Waals surface area contributed by atoms with E-state index in [4.69, 9.17) is 0 Å². The van der Waals surface area contributed by atoms with Gasteiger partial charge in [-0.2, -0.15) is 18.2 Å². The zero-order valence-corrected chi connectivity index (χ0v) is 21.7. The van der Waals surface area contributed by atoms with Gasteiger partial charge >= 0.3 is 6.18 Å². The smallest absolute Gasteiger partial charge is 0.324 e. The lowest BCUT2D eigenvalue weighted by atomic mass is 9.88. The lowest BCUT2D eigenvalue weighted by Gasteiger charge is -2.26. The molecule has 2 N–H and O–H groups in total. The number of nitrogens with zero attached hydrogens (tertiary/aromatic N) is 5. The van der Waals surface area contributed by atoms with Crippen molar-refractivity contribution in [3.63, 3.8) is 0 Å².